The van der Waals surface area contributed by atoms with Crippen molar-refractivity contribution in [3.05, 3.63) is 46.5 Å². The van der Waals surface area contributed by atoms with Gasteiger partial charge in [-0.1, -0.05) is 0 Å². The number of nitrogens with zero attached hydrogens (tertiary/aromatic N) is 3. The van der Waals surface area contributed by atoms with E-state index in [4.69, 9.17) is 4.74 Å². The second kappa shape index (κ2) is 6.05. The van der Waals surface area contributed by atoms with Crippen LogP contribution in [0.2, 0.25) is 0 Å². The SMILES string of the molecule is CCn1cncc1CNc1ccc(OC)c([N+](=O)[O-])c1. The molecule has 0 aliphatic carbocycles. The fourth-order valence-electron chi connectivity index (χ4n) is 1.92. The quantitative estimate of drug-likeness (QED) is 0.647. The Kier molecular flexibility index (Phi) is 4.19. The fraction of sp³-hybridized carbons (Fsp3) is 0.308. The van der Waals surface area contributed by atoms with E-state index in [0.717, 1.165) is 12.2 Å². The largest absolute Gasteiger partial charge is 0.490 e. The lowest BCUT2D eigenvalue weighted by molar-refractivity contribution is -0.385. The lowest BCUT2D eigenvalue weighted by Crippen LogP contribution is -2.06. The van der Waals surface area contributed by atoms with Gasteiger partial charge in [0.15, 0.2) is 5.75 Å². The Hall–Kier alpha value is -2.57. The van der Waals surface area contributed by atoms with Gasteiger partial charge in [-0.15, -0.1) is 0 Å². The topological polar surface area (TPSA) is 82.2 Å². The number of aromatic nitrogens is 2. The van der Waals surface area contributed by atoms with Gasteiger partial charge in [0.25, 0.3) is 0 Å². The maximum absolute atomic E-state index is 10.9. The zero-order valence-electron chi connectivity index (χ0n) is 11.4. The van der Waals surface area contributed by atoms with E-state index in [9.17, 15) is 10.1 Å². The molecule has 0 fully saturated rings. The van der Waals surface area contributed by atoms with Crippen LogP contribution in [-0.2, 0) is 13.1 Å². The van der Waals surface area contributed by atoms with Crippen molar-refractivity contribution in [2.75, 3.05) is 12.4 Å². The van der Waals surface area contributed by atoms with Gasteiger partial charge in [0, 0.05) is 24.5 Å². The molecular weight excluding hydrogens is 260 g/mol. The summed E-state index contributed by atoms with van der Waals surface area (Å²) in [6, 6.07) is 4.79. The Morgan fingerprint density at radius 2 is 2.30 bits per heavy atom. The summed E-state index contributed by atoms with van der Waals surface area (Å²) in [5.74, 6) is 0.249. The van der Waals surface area contributed by atoms with Crippen molar-refractivity contribution in [2.45, 2.75) is 20.0 Å². The highest BCUT2D eigenvalue weighted by atomic mass is 16.6. The van der Waals surface area contributed by atoms with Crippen LogP contribution in [0.15, 0.2) is 30.7 Å². The normalized spacial score (nSPS) is 10.3. The predicted molar refractivity (Wildman–Crippen MR) is 74.9 cm³/mol. The van der Waals surface area contributed by atoms with Crippen LogP contribution in [-0.4, -0.2) is 21.6 Å². The molecule has 7 nitrogen and oxygen atoms in total. The summed E-state index contributed by atoms with van der Waals surface area (Å²) >= 11 is 0. The van der Waals surface area contributed by atoms with E-state index in [-0.39, 0.29) is 11.4 Å². The molecule has 1 aromatic heterocycles. The first-order valence-electron chi connectivity index (χ1n) is 6.21. The summed E-state index contributed by atoms with van der Waals surface area (Å²) in [6.45, 7) is 3.42. The third-order valence-corrected chi connectivity index (χ3v) is 2.99. The molecule has 2 aromatic rings. The third kappa shape index (κ3) is 2.87. The first-order valence-corrected chi connectivity index (χ1v) is 6.21. The summed E-state index contributed by atoms with van der Waals surface area (Å²) in [7, 11) is 1.41. The van der Waals surface area contributed by atoms with Crippen LogP contribution in [0, 0.1) is 10.1 Å². The second-order valence-electron chi connectivity index (χ2n) is 4.17. The van der Waals surface area contributed by atoms with E-state index in [2.05, 4.69) is 10.3 Å². The van der Waals surface area contributed by atoms with Crippen molar-refractivity contribution in [2.24, 2.45) is 0 Å². The number of anilines is 1. The minimum absolute atomic E-state index is 0.0542. The van der Waals surface area contributed by atoms with Gasteiger partial charge in [-0.05, 0) is 19.1 Å². The second-order valence-corrected chi connectivity index (χ2v) is 4.17. The molecule has 1 heterocycles. The monoisotopic (exact) mass is 276 g/mol. The molecule has 0 atom stereocenters. The van der Waals surface area contributed by atoms with E-state index >= 15 is 0 Å². The predicted octanol–water partition coefficient (Wildman–Crippen LogP) is 2.43. The lowest BCUT2D eigenvalue weighted by atomic mass is 10.2. The smallest absolute Gasteiger partial charge is 0.312 e. The number of benzene rings is 1. The molecule has 0 amide bonds. The molecule has 0 saturated heterocycles. The van der Waals surface area contributed by atoms with E-state index < -0.39 is 4.92 Å². The standard InChI is InChI=1S/C13H16N4O3/c1-3-16-9-14-7-11(16)8-15-10-4-5-13(20-2)12(6-10)17(18)19/h4-7,9,15H,3,8H2,1-2H3. The number of ether oxygens (including phenoxy) is 1. The van der Waals surface area contributed by atoms with Crippen molar-refractivity contribution in [1.82, 2.24) is 9.55 Å². The molecule has 0 bridgehead atoms. The summed E-state index contributed by atoms with van der Waals surface area (Å²) in [6.07, 6.45) is 3.53. The van der Waals surface area contributed by atoms with Crippen molar-refractivity contribution >= 4 is 11.4 Å². The molecule has 1 N–H and O–H groups in total. The molecule has 0 aliphatic rings. The molecule has 0 saturated carbocycles. The Morgan fingerprint density at radius 3 is 2.95 bits per heavy atom. The third-order valence-electron chi connectivity index (χ3n) is 2.99. The highest BCUT2D eigenvalue weighted by molar-refractivity contribution is 5.58. The number of nitro groups is 1. The van der Waals surface area contributed by atoms with Crippen molar-refractivity contribution in [3.8, 4) is 5.75 Å². The summed E-state index contributed by atoms with van der Waals surface area (Å²) in [4.78, 5) is 14.6. The van der Waals surface area contributed by atoms with Gasteiger partial charge in [-0.25, -0.2) is 4.98 Å². The van der Waals surface area contributed by atoms with Crippen LogP contribution in [0.3, 0.4) is 0 Å². The van der Waals surface area contributed by atoms with Crippen LogP contribution in [0.1, 0.15) is 12.6 Å². The van der Waals surface area contributed by atoms with Gasteiger partial charge >= 0.3 is 5.69 Å². The molecule has 7 heteroatoms. The lowest BCUT2D eigenvalue weighted by Gasteiger charge is -2.09. The average Bonchev–Trinajstić information content (AvgIpc) is 2.92. The van der Waals surface area contributed by atoms with E-state index in [1.54, 1.807) is 24.7 Å². The number of imidazole rings is 1. The molecule has 2 rings (SSSR count). The molecule has 0 unspecified atom stereocenters. The van der Waals surface area contributed by atoms with Crippen molar-refractivity contribution < 1.29 is 9.66 Å². The van der Waals surface area contributed by atoms with Crippen LogP contribution < -0.4 is 10.1 Å². The van der Waals surface area contributed by atoms with Crippen molar-refractivity contribution in [1.29, 1.82) is 0 Å². The van der Waals surface area contributed by atoms with E-state index in [0.29, 0.717) is 12.2 Å². The molecule has 0 aliphatic heterocycles. The first kappa shape index (κ1) is 13.9. The highest BCUT2D eigenvalue weighted by Gasteiger charge is 2.15. The number of nitro benzene ring substituents is 1. The Labute approximate surface area is 116 Å². The van der Waals surface area contributed by atoms with Gasteiger partial charge in [-0.3, -0.25) is 10.1 Å². The number of nitrogens with one attached hydrogen (secondary N) is 1. The van der Waals surface area contributed by atoms with Crippen molar-refractivity contribution in [3.63, 3.8) is 0 Å². The summed E-state index contributed by atoms with van der Waals surface area (Å²) in [5.41, 5.74) is 1.63. The summed E-state index contributed by atoms with van der Waals surface area (Å²) in [5, 5.41) is 14.1. The number of methoxy groups -OCH3 is 1. The zero-order valence-corrected chi connectivity index (χ0v) is 11.4. The summed E-state index contributed by atoms with van der Waals surface area (Å²) < 4.78 is 6.97. The first-order chi connectivity index (χ1) is 9.65. The van der Waals surface area contributed by atoms with Crippen LogP contribution in [0.5, 0.6) is 5.75 Å². The number of hydrogen-bond donors (Lipinski definition) is 1. The molecule has 0 radical (unpaired) electrons. The Morgan fingerprint density at radius 1 is 1.50 bits per heavy atom. The van der Waals surface area contributed by atoms with E-state index in [1.807, 2.05) is 11.5 Å². The molecule has 0 spiro atoms. The maximum Gasteiger partial charge on any atom is 0.312 e. The molecule has 1 aromatic carbocycles. The van der Waals surface area contributed by atoms with E-state index in [1.165, 1.54) is 13.2 Å². The minimum atomic E-state index is -0.458. The number of hydrogen-bond acceptors (Lipinski definition) is 5. The maximum atomic E-state index is 10.9. The fourth-order valence-corrected chi connectivity index (χ4v) is 1.92. The average molecular weight is 276 g/mol. The van der Waals surface area contributed by atoms with Crippen LogP contribution in [0.25, 0.3) is 0 Å². The Balaban J connectivity index is 2.14. The van der Waals surface area contributed by atoms with Gasteiger partial charge in [0.05, 0.1) is 30.6 Å². The number of rotatable bonds is 6. The van der Waals surface area contributed by atoms with Crippen LogP contribution >= 0.6 is 0 Å². The number of aryl methyl sites for hydroxylation is 1. The molecule has 106 valence electrons. The van der Waals surface area contributed by atoms with Gasteiger partial charge in [-0.2, -0.15) is 0 Å². The Bertz CT molecular complexity index is 609. The highest BCUT2D eigenvalue weighted by Crippen LogP contribution is 2.29. The van der Waals surface area contributed by atoms with Crippen LogP contribution in [0.4, 0.5) is 11.4 Å². The minimum Gasteiger partial charge on any atom is -0.490 e. The van der Waals surface area contributed by atoms with Gasteiger partial charge in [0.1, 0.15) is 0 Å². The van der Waals surface area contributed by atoms with Gasteiger partial charge in [0.2, 0.25) is 0 Å². The molecular formula is C13H16N4O3. The zero-order chi connectivity index (χ0) is 14.5. The van der Waals surface area contributed by atoms with Gasteiger partial charge < -0.3 is 14.6 Å². The molecule has 20 heavy (non-hydrogen) atoms.